The largest absolute Gasteiger partial charge is 0.345 e. The van der Waals surface area contributed by atoms with Crippen molar-refractivity contribution in [1.82, 2.24) is 4.90 Å². The average molecular weight is 431 g/mol. The normalized spacial score (nSPS) is 24.7. The van der Waals surface area contributed by atoms with Gasteiger partial charge in [0.05, 0.1) is 24.6 Å². The summed E-state index contributed by atoms with van der Waals surface area (Å²) in [5.41, 5.74) is 1.96. The quantitative estimate of drug-likeness (QED) is 0.551. The number of Topliss-reactive ketones (excluding diaryl/α,β-unsaturated/α-hetero) is 1. The molecule has 5 rings (SSSR count). The summed E-state index contributed by atoms with van der Waals surface area (Å²) in [4.78, 5) is 46.4. The van der Waals surface area contributed by atoms with Crippen LogP contribution in [-0.4, -0.2) is 47.5 Å². The van der Waals surface area contributed by atoms with Gasteiger partial charge in [-0.3, -0.25) is 19.4 Å². The summed E-state index contributed by atoms with van der Waals surface area (Å²) in [6.45, 7) is 0.965. The molecule has 2 amide bonds. The first kappa shape index (κ1) is 20.3. The Hall–Kier alpha value is -3.61. The molecule has 0 radical (unpaired) electrons. The Bertz CT molecular complexity index is 1160. The van der Waals surface area contributed by atoms with Crippen molar-refractivity contribution in [2.24, 2.45) is 10.9 Å². The number of rotatable bonds is 4. The van der Waals surface area contributed by atoms with Crippen LogP contribution in [0.3, 0.4) is 0 Å². The van der Waals surface area contributed by atoms with E-state index in [0.717, 1.165) is 16.0 Å². The molecule has 2 fully saturated rings. The topological polar surface area (TPSA) is 70.1 Å². The van der Waals surface area contributed by atoms with E-state index in [1.54, 1.807) is 6.07 Å². The monoisotopic (exact) mass is 431 g/mol. The number of carbonyl (C=O) groups excluding carboxylic acids is 3. The fourth-order valence-corrected chi connectivity index (χ4v) is 4.77. The third kappa shape index (κ3) is 3.53. The van der Waals surface area contributed by atoms with Crippen LogP contribution >= 0.6 is 0 Å². The Morgan fingerprint density at radius 2 is 1.84 bits per heavy atom. The van der Waals surface area contributed by atoms with Crippen molar-refractivity contribution in [1.29, 1.82) is 0 Å². The molecule has 0 bridgehead atoms. The summed E-state index contributed by atoms with van der Waals surface area (Å²) in [6, 6.07) is 14.4. The van der Waals surface area contributed by atoms with Gasteiger partial charge in [0.15, 0.2) is 5.78 Å². The van der Waals surface area contributed by atoms with Crippen molar-refractivity contribution in [3.05, 3.63) is 71.6 Å². The molecule has 3 aliphatic rings. The Morgan fingerprint density at radius 3 is 2.62 bits per heavy atom. The van der Waals surface area contributed by atoms with E-state index in [4.69, 9.17) is 0 Å². The lowest BCUT2D eigenvalue weighted by Crippen LogP contribution is -2.46. The van der Waals surface area contributed by atoms with E-state index in [2.05, 4.69) is 4.99 Å². The second kappa shape index (κ2) is 8.15. The number of imide groups is 1. The summed E-state index contributed by atoms with van der Waals surface area (Å²) in [6.07, 6.45) is 3.19. The van der Waals surface area contributed by atoms with Gasteiger partial charge in [-0.1, -0.05) is 36.4 Å². The third-order valence-electron chi connectivity index (χ3n) is 6.26. The first-order valence-corrected chi connectivity index (χ1v) is 10.8. The highest BCUT2D eigenvalue weighted by Crippen LogP contribution is 2.34. The number of hydrogen-bond donors (Lipinski definition) is 0. The van der Waals surface area contributed by atoms with Crippen LogP contribution in [0.2, 0.25) is 0 Å². The van der Waals surface area contributed by atoms with Crippen molar-refractivity contribution < 1.29 is 18.8 Å². The second-order valence-electron chi connectivity index (χ2n) is 8.24. The summed E-state index contributed by atoms with van der Waals surface area (Å²) in [5.74, 6) is -1.07. The van der Waals surface area contributed by atoms with E-state index < -0.39 is 23.7 Å². The molecule has 2 aromatic rings. The zero-order valence-electron chi connectivity index (χ0n) is 17.4. The molecular weight excluding hydrogens is 409 g/mol. The Balaban J connectivity index is 1.36. The number of amides is 2. The van der Waals surface area contributed by atoms with Gasteiger partial charge in [-0.15, -0.1) is 0 Å². The summed E-state index contributed by atoms with van der Waals surface area (Å²) < 4.78 is 13.7. The van der Waals surface area contributed by atoms with Crippen molar-refractivity contribution >= 4 is 35.2 Å². The summed E-state index contributed by atoms with van der Waals surface area (Å²) in [7, 11) is 0. The van der Waals surface area contributed by atoms with Gasteiger partial charge < -0.3 is 4.90 Å². The lowest BCUT2D eigenvalue weighted by atomic mass is 10.0. The maximum atomic E-state index is 13.7. The molecule has 162 valence electrons. The van der Waals surface area contributed by atoms with Crippen LogP contribution in [0, 0.1) is 11.7 Å². The maximum absolute atomic E-state index is 13.7. The van der Waals surface area contributed by atoms with Gasteiger partial charge in [0.25, 0.3) is 5.91 Å². The zero-order valence-corrected chi connectivity index (χ0v) is 17.4. The minimum absolute atomic E-state index is 0.0119. The van der Waals surface area contributed by atoms with E-state index in [0.29, 0.717) is 31.8 Å². The third-order valence-corrected chi connectivity index (χ3v) is 6.26. The molecular formula is C25H22FN3O3. The highest BCUT2D eigenvalue weighted by molar-refractivity contribution is 6.24. The predicted molar refractivity (Wildman–Crippen MR) is 118 cm³/mol. The molecule has 2 atom stereocenters. The molecule has 0 N–H and O–H groups in total. The number of hydrogen-bond acceptors (Lipinski definition) is 5. The second-order valence-corrected chi connectivity index (χ2v) is 8.24. The number of ketones is 1. The van der Waals surface area contributed by atoms with E-state index >= 15 is 0 Å². The fourth-order valence-electron chi connectivity index (χ4n) is 4.77. The molecule has 7 heteroatoms. The first-order valence-electron chi connectivity index (χ1n) is 10.8. The molecule has 6 nitrogen and oxygen atoms in total. The lowest BCUT2D eigenvalue weighted by Gasteiger charge is -2.28. The van der Waals surface area contributed by atoms with Gasteiger partial charge >= 0.3 is 0 Å². The van der Waals surface area contributed by atoms with E-state index in [1.807, 2.05) is 41.3 Å². The minimum atomic E-state index is -0.720. The van der Waals surface area contributed by atoms with Gasteiger partial charge in [0.1, 0.15) is 17.7 Å². The van der Waals surface area contributed by atoms with Crippen LogP contribution in [0.15, 0.2) is 65.2 Å². The van der Waals surface area contributed by atoms with Crippen LogP contribution in [-0.2, 0) is 14.4 Å². The average Bonchev–Trinajstić information content (AvgIpc) is 3.47. The highest BCUT2D eigenvalue weighted by Gasteiger charge is 2.47. The van der Waals surface area contributed by atoms with Crippen LogP contribution in [0.4, 0.5) is 10.1 Å². The minimum Gasteiger partial charge on any atom is -0.345 e. The number of benzene rings is 2. The van der Waals surface area contributed by atoms with Gasteiger partial charge in [0, 0.05) is 6.54 Å². The molecule has 32 heavy (non-hydrogen) atoms. The molecule has 2 unspecified atom stereocenters. The summed E-state index contributed by atoms with van der Waals surface area (Å²) >= 11 is 0. The first-order chi connectivity index (χ1) is 15.5. The molecule has 0 spiro atoms. The SMILES string of the molecule is O=C1/C(=C\c2ccccc2)CCC1C1=NCCN1C1CC(=O)N(c2cccc(F)c2)C1=O. The number of halogens is 1. The van der Waals surface area contributed by atoms with Crippen LogP contribution in [0.25, 0.3) is 6.08 Å². The molecule has 0 aromatic heterocycles. The Labute approximate surface area is 185 Å². The predicted octanol–water partition coefficient (Wildman–Crippen LogP) is 3.23. The molecule has 2 heterocycles. The number of nitrogens with zero attached hydrogens (tertiary/aromatic N) is 3. The lowest BCUT2D eigenvalue weighted by molar-refractivity contribution is -0.122. The van der Waals surface area contributed by atoms with Gasteiger partial charge in [-0.25, -0.2) is 9.29 Å². The Morgan fingerprint density at radius 1 is 1.03 bits per heavy atom. The maximum Gasteiger partial charge on any atom is 0.257 e. The zero-order chi connectivity index (χ0) is 22.2. The van der Waals surface area contributed by atoms with Crippen molar-refractivity contribution in [2.45, 2.75) is 25.3 Å². The van der Waals surface area contributed by atoms with Crippen LogP contribution in [0.1, 0.15) is 24.8 Å². The standard InChI is InChI=1S/C25H22FN3O3/c26-18-7-4-8-19(14-18)29-22(30)15-21(25(29)32)28-12-11-27-24(28)20-10-9-17(23(20)31)13-16-5-2-1-3-6-16/h1-8,13-14,20-21H,9-12,15H2/b17-13-. The highest BCUT2D eigenvalue weighted by atomic mass is 19.1. The van der Waals surface area contributed by atoms with Gasteiger partial charge in [0.2, 0.25) is 5.91 Å². The number of amidine groups is 1. The van der Waals surface area contributed by atoms with Crippen LogP contribution in [0.5, 0.6) is 0 Å². The van der Waals surface area contributed by atoms with Crippen molar-refractivity contribution in [2.75, 3.05) is 18.0 Å². The van der Waals surface area contributed by atoms with Crippen molar-refractivity contribution in [3.8, 4) is 0 Å². The molecule has 2 aromatic carbocycles. The van der Waals surface area contributed by atoms with E-state index in [1.165, 1.54) is 18.2 Å². The van der Waals surface area contributed by atoms with Gasteiger partial charge in [-0.05, 0) is 48.3 Å². The molecule has 1 saturated heterocycles. The van der Waals surface area contributed by atoms with Gasteiger partial charge in [-0.2, -0.15) is 0 Å². The molecule has 1 aliphatic carbocycles. The number of carbonyl (C=O) groups is 3. The summed E-state index contributed by atoms with van der Waals surface area (Å²) in [5, 5.41) is 0. The van der Waals surface area contributed by atoms with E-state index in [9.17, 15) is 18.8 Å². The van der Waals surface area contributed by atoms with Crippen molar-refractivity contribution in [3.63, 3.8) is 0 Å². The van der Waals surface area contributed by atoms with Crippen LogP contribution < -0.4 is 4.90 Å². The van der Waals surface area contributed by atoms with E-state index in [-0.39, 0.29) is 23.8 Å². The number of allylic oxidation sites excluding steroid dienone is 1. The number of anilines is 1. The fraction of sp³-hybridized carbons (Fsp3) is 0.280. The molecule has 2 aliphatic heterocycles. The molecule has 1 saturated carbocycles. The number of aliphatic imine (C=N–C) groups is 1. The Kier molecular flexibility index (Phi) is 5.17. The smallest absolute Gasteiger partial charge is 0.257 e.